The highest BCUT2D eigenvalue weighted by Gasteiger charge is 2.25. The van der Waals surface area contributed by atoms with Gasteiger partial charge in [-0.3, -0.25) is 0 Å². The number of aromatic amines is 1. The quantitative estimate of drug-likeness (QED) is 0.655. The van der Waals surface area contributed by atoms with E-state index in [1.54, 1.807) is 0 Å². The average molecular weight is 366 g/mol. The summed E-state index contributed by atoms with van der Waals surface area (Å²) in [6.45, 7) is 2.07. The molecule has 0 aliphatic heterocycles. The number of methoxy groups -OCH3 is 1. The van der Waals surface area contributed by atoms with Crippen LogP contribution in [0.25, 0.3) is 10.9 Å². The van der Waals surface area contributed by atoms with Crippen molar-refractivity contribution in [3.63, 3.8) is 0 Å². The molecule has 1 amide bonds. The minimum Gasteiger partial charge on any atom is -0.467 e. The molecule has 0 fully saturated rings. The Bertz CT molecular complexity index is 934. The largest absolute Gasteiger partial charge is 0.467 e. The van der Waals surface area contributed by atoms with Gasteiger partial charge in [0.05, 0.1) is 7.11 Å². The molecule has 0 saturated carbocycles. The van der Waals surface area contributed by atoms with E-state index in [0.29, 0.717) is 6.42 Å². The van der Waals surface area contributed by atoms with E-state index in [-0.39, 0.29) is 6.61 Å². The number of aromatic nitrogens is 1. The van der Waals surface area contributed by atoms with Gasteiger partial charge in [0.15, 0.2) is 0 Å². The van der Waals surface area contributed by atoms with Crippen molar-refractivity contribution >= 4 is 23.0 Å². The zero-order valence-electron chi connectivity index (χ0n) is 15.3. The first kappa shape index (κ1) is 18.5. The number of benzene rings is 2. The van der Waals surface area contributed by atoms with Gasteiger partial charge in [-0.15, -0.1) is 0 Å². The van der Waals surface area contributed by atoms with Crippen molar-refractivity contribution in [3.8, 4) is 0 Å². The number of ether oxygens (including phenoxy) is 2. The molecule has 0 radical (unpaired) electrons. The number of carbonyl (C=O) groups excluding carboxylic acids is 2. The Labute approximate surface area is 157 Å². The van der Waals surface area contributed by atoms with Crippen molar-refractivity contribution in [2.75, 3.05) is 7.11 Å². The lowest BCUT2D eigenvalue weighted by Gasteiger charge is -2.17. The van der Waals surface area contributed by atoms with Gasteiger partial charge >= 0.3 is 12.1 Å². The Morgan fingerprint density at radius 3 is 2.52 bits per heavy atom. The molecule has 140 valence electrons. The number of hydrogen-bond acceptors (Lipinski definition) is 4. The van der Waals surface area contributed by atoms with Crippen LogP contribution in [0.3, 0.4) is 0 Å². The summed E-state index contributed by atoms with van der Waals surface area (Å²) in [6.07, 6.45) is -0.352. The van der Waals surface area contributed by atoms with Gasteiger partial charge in [0.2, 0.25) is 0 Å². The zero-order valence-corrected chi connectivity index (χ0v) is 15.3. The number of amides is 1. The van der Waals surface area contributed by atoms with E-state index in [4.69, 9.17) is 9.47 Å². The van der Waals surface area contributed by atoms with Crippen LogP contribution in [0.2, 0.25) is 0 Å². The summed E-state index contributed by atoms with van der Waals surface area (Å²) < 4.78 is 10.1. The topological polar surface area (TPSA) is 80.4 Å². The van der Waals surface area contributed by atoms with E-state index in [9.17, 15) is 9.59 Å². The first-order valence-electron chi connectivity index (χ1n) is 8.69. The minimum absolute atomic E-state index is 0.132. The van der Waals surface area contributed by atoms with Gasteiger partial charge in [-0.2, -0.15) is 0 Å². The maximum atomic E-state index is 12.2. The van der Waals surface area contributed by atoms with Crippen LogP contribution < -0.4 is 5.32 Å². The third-order valence-electron chi connectivity index (χ3n) is 4.43. The second-order valence-corrected chi connectivity index (χ2v) is 6.26. The Hall–Kier alpha value is -3.28. The van der Waals surface area contributed by atoms with Crippen molar-refractivity contribution in [2.45, 2.75) is 26.0 Å². The summed E-state index contributed by atoms with van der Waals surface area (Å²) in [4.78, 5) is 27.7. The Morgan fingerprint density at radius 1 is 1.07 bits per heavy atom. The molecule has 27 heavy (non-hydrogen) atoms. The Morgan fingerprint density at radius 2 is 1.78 bits per heavy atom. The molecule has 0 spiro atoms. The number of aryl methyl sites for hydroxylation is 1. The van der Waals surface area contributed by atoms with E-state index in [2.05, 4.69) is 10.3 Å². The van der Waals surface area contributed by atoms with Gasteiger partial charge in [0.1, 0.15) is 12.6 Å². The third kappa shape index (κ3) is 4.47. The lowest BCUT2D eigenvalue weighted by Crippen LogP contribution is -2.43. The summed E-state index contributed by atoms with van der Waals surface area (Å²) in [7, 11) is 1.30. The van der Waals surface area contributed by atoms with Crippen molar-refractivity contribution in [1.82, 2.24) is 10.3 Å². The van der Waals surface area contributed by atoms with Crippen LogP contribution in [0.15, 0.2) is 54.6 Å². The van der Waals surface area contributed by atoms with Gasteiger partial charge in [-0.25, -0.2) is 9.59 Å². The zero-order chi connectivity index (χ0) is 19.2. The van der Waals surface area contributed by atoms with Gasteiger partial charge in [-0.1, -0.05) is 48.5 Å². The van der Waals surface area contributed by atoms with Crippen molar-refractivity contribution in [3.05, 3.63) is 71.4 Å². The molecular formula is C21H22N2O4. The third-order valence-corrected chi connectivity index (χ3v) is 4.43. The van der Waals surface area contributed by atoms with Crippen molar-refractivity contribution in [2.24, 2.45) is 0 Å². The number of para-hydroxylation sites is 1. The fourth-order valence-electron chi connectivity index (χ4n) is 3.04. The molecule has 3 aromatic rings. The van der Waals surface area contributed by atoms with E-state index < -0.39 is 18.1 Å². The second kappa shape index (κ2) is 8.40. The Kier molecular flexibility index (Phi) is 5.76. The highest BCUT2D eigenvalue weighted by molar-refractivity contribution is 5.87. The van der Waals surface area contributed by atoms with E-state index in [1.807, 2.05) is 61.5 Å². The number of carbonyl (C=O) groups is 2. The lowest BCUT2D eigenvalue weighted by molar-refractivity contribution is -0.142. The normalized spacial score (nSPS) is 11.8. The molecule has 1 unspecified atom stereocenters. The fraction of sp³-hybridized carbons (Fsp3) is 0.238. The number of nitrogens with one attached hydrogen (secondary N) is 2. The van der Waals surface area contributed by atoms with Crippen LogP contribution in [-0.4, -0.2) is 30.2 Å². The van der Waals surface area contributed by atoms with Crippen LogP contribution >= 0.6 is 0 Å². The molecule has 1 atom stereocenters. The maximum Gasteiger partial charge on any atom is 0.408 e. The summed E-state index contributed by atoms with van der Waals surface area (Å²) in [5, 5.41) is 3.64. The molecular weight excluding hydrogens is 344 g/mol. The molecule has 0 aliphatic rings. The highest BCUT2D eigenvalue weighted by Crippen LogP contribution is 2.23. The molecule has 0 saturated heterocycles. The monoisotopic (exact) mass is 366 g/mol. The van der Waals surface area contributed by atoms with Crippen LogP contribution in [0.5, 0.6) is 0 Å². The molecule has 6 nitrogen and oxygen atoms in total. The predicted octanol–water partition coefficient (Wildman–Crippen LogP) is 3.49. The van der Waals surface area contributed by atoms with Gasteiger partial charge < -0.3 is 19.8 Å². The molecule has 0 aliphatic carbocycles. The standard InChI is InChI=1S/C21H22N2O4/c1-14-17(16-10-6-7-11-18(16)22-14)12-19(20(24)26-2)23-21(25)27-13-15-8-4-3-5-9-15/h3-11,19,22H,12-13H2,1-2H3,(H,23,25). The highest BCUT2D eigenvalue weighted by atomic mass is 16.6. The number of alkyl carbamates (subject to hydrolysis) is 1. The van der Waals surface area contributed by atoms with Gasteiger partial charge in [-0.05, 0) is 24.1 Å². The number of rotatable bonds is 6. The van der Waals surface area contributed by atoms with Gasteiger partial charge in [0.25, 0.3) is 0 Å². The van der Waals surface area contributed by atoms with Crippen LogP contribution in [0.4, 0.5) is 4.79 Å². The van der Waals surface area contributed by atoms with Crippen LogP contribution in [-0.2, 0) is 27.3 Å². The van der Waals surface area contributed by atoms with Crippen molar-refractivity contribution < 1.29 is 19.1 Å². The van der Waals surface area contributed by atoms with E-state index in [0.717, 1.165) is 27.7 Å². The minimum atomic E-state index is -0.837. The SMILES string of the molecule is COC(=O)C(Cc1c(C)[nH]c2ccccc12)NC(=O)OCc1ccccc1. The second-order valence-electron chi connectivity index (χ2n) is 6.26. The summed E-state index contributed by atoms with van der Waals surface area (Å²) >= 11 is 0. The lowest BCUT2D eigenvalue weighted by atomic mass is 10.0. The number of H-pyrrole nitrogens is 1. The first-order chi connectivity index (χ1) is 13.1. The average Bonchev–Trinajstić information content (AvgIpc) is 3.01. The fourth-order valence-corrected chi connectivity index (χ4v) is 3.04. The van der Waals surface area contributed by atoms with E-state index in [1.165, 1.54) is 7.11 Å². The molecule has 1 aromatic heterocycles. The summed E-state index contributed by atoms with van der Waals surface area (Å²) in [5.74, 6) is -0.517. The van der Waals surface area contributed by atoms with Crippen LogP contribution in [0.1, 0.15) is 16.8 Å². The molecule has 3 rings (SSSR count). The molecule has 6 heteroatoms. The summed E-state index contributed by atoms with van der Waals surface area (Å²) in [5.41, 5.74) is 3.77. The number of esters is 1. The molecule has 2 aromatic carbocycles. The molecule has 2 N–H and O–H groups in total. The maximum absolute atomic E-state index is 12.2. The van der Waals surface area contributed by atoms with E-state index >= 15 is 0 Å². The molecule has 0 bridgehead atoms. The smallest absolute Gasteiger partial charge is 0.408 e. The first-order valence-corrected chi connectivity index (χ1v) is 8.69. The van der Waals surface area contributed by atoms with Crippen molar-refractivity contribution in [1.29, 1.82) is 0 Å². The van der Waals surface area contributed by atoms with Crippen LogP contribution in [0, 0.1) is 6.92 Å². The Balaban J connectivity index is 1.71. The summed E-state index contributed by atoms with van der Waals surface area (Å²) in [6, 6.07) is 16.3. The molecule has 1 heterocycles. The number of fused-ring (bicyclic) bond motifs is 1. The number of hydrogen-bond donors (Lipinski definition) is 2. The van der Waals surface area contributed by atoms with Gasteiger partial charge in [0, 0.05) is 23.0 Å². The predicted molar refractivity (Wildman–Crippen MR) is 102 cm³/mol.